The van der Waals surface area contributed by atoms with Crippen LogP contribution in [-0.4, -0.2) is 16.2 Å². The molecule has 1 atom stereocenters. The number of carboxylic acids is 1. The van der Waals surface area contributed by atoms with Crippen molar-refractivity contribution >= 4 is 18.4 Å². The van der Waals surface area contributed by atoms with E-state index in [0.29, 0.717) is 0 Å². The van der Waals surface area contributed by atoms with Gasteiger partial charge in [-0.1, -0.05) is 6.42 Å². The Kier molecular flexibility index (Phi) is 4.53. The van der Waals surface area contributed by atoms with E-state index in [-0.39, 0.29) is 29.5 Å². The van der Waals surface area contributed by atoms with Crippen molar-refractivity contribution < 1.29 is 19.4 Å². The highest BCUT2D eigenvalue weighted by Gasteiger charge is 2.31. The number of hydrogen-bond donors (Lipinski definition) is 3. The number of nitrogens with two attached hydrogens (primary N) is 1. The second-order valence-electron chi connectivity index (χ2n) is 4.38. The molecule has 6 heteroatoms. The highest BCUT2D eigenvalue weighted by atomic mass is 35.5. The van der Waals surface area contributed by atoms with Crippen molar-refractivity contribution in [3.63, 3.8) is 0 Å². The number of hydrogen-bond acceptors (Lipinski definition) is 3. The number of phenols is 1. The summed E-state index contributed by atoms with van der Waals surface area (Å²) >= 11 is 0. The lowest BCUT2D eigenvalue weighted by Gasteiger charge is -2.32. The maximum Gasteiger partial charge on any atom is 0.339 e. The van der Waals surface area contributed by atoms with Gasteiger partial charge in [-0.15, -0.1) is 12.4 Å². The fourth-order valence-corrected chi connectivity index (χ4v) is 2.11. The molecule has 0 amide bonds. The first kappa shape index (κ1) is 14.7. The topological polar surface area (TPSA) is 83.6 Å². The highest BCUT2D eigenvalue weighted by Crippen LogP contribution is 2.40. The average molecular weight is 276 g/mol. The van der Waals surface area contributed by atoms with Gasteiger partial charge >= 0.3 is 5.97 Å². The van der Waals surface area contributed by atoms with Gasteiger partial charge in [0.05, 0.1) is 0 Å². The average Bonchev–Trinajstić information content (AvgIpc) is 2.13. The van der Waals surface area contributed by atoms with E-state index in [1.54, 1.807) is 0 Å². The first-order valence-electron chi connectivity index (χ1n) is 5.52. The Hall–Kier alpha value is -1.33. The summed E-state index contributed by atoms with van der Waals surface area (Å²) < 4.78 is 13.6. The molecule has 18 heavy (non-hydrogen) atoms. The zero-order valence-corrected chi connectivity index (χ0v) is 10.4. The molecule has 4 nitrogen and oxygen atoms in total. The molecule has 0 spiro atoms. The van der Waals surface area contributed by atoms with Gasteiger partial charge in [0, 0.05) is 11.6 Å². The molecule has 1 fully saturated rings. The lowest BCUT2D eigenvalue weighted by molar-refractivity contribution is 0.0693. The fourth-order valence-electron chi connectivity index (χ4n) is 2.11. The first-order valence-corrected chi connectivity index (χ1v) is 5.52. The van der Waals surface area contributed by atoms with Gasteiger partial charge in [0.15, 0.2) is 0 Å². The van der Waals surface area contributed by atoms with Gasteiger partial charge in [0.1, 0.15) is 17.1 Å². The molecule has 2 rings (SSSR count). The minimum absolute atomic E-state index is 0. The third-order valence-electron chi connectivity index (χ3n) is 3.39. The number of carboxylic acid groups (broad SMARTS) is 1. The summed E-state index contributed by atoms with van der Waals surface area (Å²) in [5.74, 6) is -2.35. The van der Waals surface area contributed by atoms with Crippen LogP contribution in [0.15, 0.2) is 12.1 Å². The van der Waals surface area contributed by atoms with Crippen LogP contribution < -0.4 is 5.73 Å². The summed E-state index contributed by atoms with van der Waals surface area (Å²) in [7, 11) is 0. The molecule has 100 valence electrons. The minimum atomic E-state index is -1.29. The third kappa shape index (κ3) is 2.42. The van der Waals surface area contributed by atoms with Crippen LogP contribution in [0.3, 0.4) is 0 Å². The number of halogens is 2. The van der Waals surface area contributed by atoms with Crippen molar-refractivity contribution in [2.75, 3.05) is 0 Å². The Morgan fingerprint density at radius 2 is 2.06 bits per heavy atom. The van der Waals surface area contributed by atoms with Crippen LogP contribution in [0.4, 0.5) is 4.39 Å². The molecule has 0 bridgehead atoms. The van der Waals surface area contributed by atoms with Crippen LogP contribution in [-0.2, 0) is 0 Å². The summed E-state index contributed by atoms with van der Waals surface area (Å²) in [4.78, 5) is 10.8. The maximum atomic E-state index is 13.6. The molecular formula is C12H15ClFNO3. The predicted molar refractivity (Wildman–Crippen MR) is 66.5 cm³/mol. The molecule has 0 aromatic heterocycles. The summed E-state index contributed by atoms with van der Waals surface area (Å²) in [6.45, 7) is 0. The quantitative estimate of drug-likeness (QED) is 0.791. The van der Waals surface area contributed by atoms with Gasteiger partial charge in [-0.25, -0.2) is 9.18 Å². The molecule has 1 saturated carbocycles. The van der Waals surface area contributed by atoms with Crippen molar-refractivity contribution in [2.24, 2.45) is 11.7 Å². The van der Waals surface area contributed by atoms with Gasteiger partial charge in [-0.05, 0) is 30.9 Å². The molecule has 0 heterocycles. The number of benzene rings is 1. The molecule has 1 aromatic carbocycles. The van der Waals surface area contributed by atoms with Gasteiger partial charge in [-0.3, -0.25) is 0 Å². The number of carbonyl (C=O) groups is 1. The lowest BCUT2D eigenvalue weighted by atomic mass is 9.77. The molecule has 0 radical (unpaired) electrons. The summed E-state index contributed by atoms with van der Waals surface area (Å²) in [6, 6.07) is 1.45. The van der Waals surface area contributed by atoms with Gasteiger partial charge < -0.3 is 15.9 Å². The largest absolute Gasteiger partial charge is 0.507 e. The fraction of sp³-hybridized carbons (Fsp3) is 0.417. The van der Waals surface area contributed by atoms with E-state index in [1.807, 2.05) is 0 Å². The number of aromatic carboxylic acids is 1. The van der Waals surface area contributed by atoms with Crippen molar-refractivity contribution in [3.05, 3.63) is 29.1 Å². The molecule has 0 unspecified atom stereocenters. The van der Waals surface area contributed by atoms with Crippen LogP contribution in [0.5, 0.6) is 5.75 Å². The van der Waals surface area contributed by atoms with Crippen LogP contribution in [0, 0.1) is 11.7 Å². The first-order chi connectivity index (χ1) is 8.02. The zero-order chi connectivity index (χ0) is 12.6. The Bertz CT molecular complexity index is 463. The van der Waals surface area contributed by atoms with E-state index in [0.717, 1.165) is 31.4 Å². The van der Waals surface area contributed by atoms with E-state index in [9.17, 15) is 14.3 Å². The lowest BCUT2D eigenvalue weighted by Crippen LogP contribution is -2.28. The van der Waals surface area contributed by atoms with Crippen LogP contribution in [0.1, 0.15) is 41.2 Å². The van der Waals surface area contributed by atoms with Crippen molar-refractivity contribution in [1.82, 2.24) is 0 Å². The molecule has 1 aliphatic carbocycles. The summed E-state index contributed by atoms with van der Waals surface area (Å²) in [6.07, 6.45) is 2.81. The van der Waals surface area contributed by atoms with Crippen LogP contribution in [0.25, 0.3) is 0 Å². The third-order valence-corrected chi connectivity index (χ3v) is 3.39. The Balaban J connectivity index is 0.00000162. The number of aromatic hydroxyl groups is 1. The monoisotopic (exact) mass is 275 g/mol. The minimum Gasteiger partial charge on any atom is -0.507 e. The molecule has 0 aliphatic heterocycles. The van der Waals surface area contributed by atoms with Crippen molar-refractivity contribution in [3.8, 4) is 5.75 Å². The van der Waals surface area contributed by atoms with Gasteiger partial charge in [0.2, 0.25) is 0 Å². The van der Waals surface area contributed by atoms with Gasteiger partial charge in [0.25, 0.3) is 0 Å². The van der Waals surface area contributed by atoms with E-state index in [2.05, 4.69) is 0 Å². The predicted octanol–water partition coefficient (Wildman–Crippen LogP) is 2.45. The smallest absolute Gasteiger partial charge is 0.339 e. The van der Waals surface area contributed by atoms with Crippen molar-refractivity contribution in [2.45, 2.75) is 25.3 Å². The van der Waals surface area contributed by atoms with Crippen molar-refractivity contribution in [1.29, 1.82) is 0 Å². The molecule has 4 N–H and O–H groups in total. The molecule has 0 saturated heterocycles. The van der Waals surface area contributed by atoms with E-state index in [1.165, 1.54) is 0 Å². The Morgan fingerprint density at radius 1 is 1.44 bits per heavy atom. The highest BCUT2D eigenvalue weighted by molar-refractivity contribution is 5.91. The van der Waals surface area contributed by atoms with Crippen LogP contribution in [0.2, 0.25) is 0 Å². The summed E-state index contributed by atoms with van der Waals surface area (Å²) in [5, 5.41) is 18.6. The molecular weight excluding hydrogens is 261 g/mol. The standard InChI is InChI=1S/C12H14FNO3.ClH/c13-8-5-4-7(12(16)17)11(15)9(8)10(14)6-2-1-3-6;/h4-6,10,15H,1-3,14H2,(H,16,17);1H/t10-;/m1./s1. The van der Waals surface area contributed by atoms with E-state index < -0.39 is 23.6 Å². The Morgan fingerprint density at radius 3 is 2.50 bits per heavy atom. The Labute approximate surface area is 110 Å². The van der Waals surface area contributed by atoms with Gasteiger partial charge in [-0.2, -0.15) is 0 Å². The summed E-state index contributed by atoms with van der Waals surface area (Å²) in [5.41, 5.74) is 5.49. The second-order valence-corrected chi connectivity index (χ2v) is 4.38. The maximum absolute atomic E-state index is 13.6. The molecule has 1 aromatic rings. The molecule has 1 aliphatic rings. The van der Waals surface area contributed by atoms with E-state index >= 15 is 0 Å². The van der Waals surface area contributed by atoms with E-state index in [4.69, 9.17) is 10.8 Å². The zero-order valence-electron chi connectivity index (χ0n) is 9.60. The number of rotatable bonds is 3. The SMILES string of the molecule is Cl.N[C@@H](c1c(F)ccc(C(=O)O)c1O)C1CCC1. The second kappa shape index (κ2) is 5.54. The normalized spacial score (nSPS) is 16.6. The van der Waals surface area contributed by atoms with Crippen LogP contribution >= 0.6 is 12.4 Å².